The molecule has 1 aromatic rings. The summed E-state index contributed by atoms with van der Waals surface area (Å²) in [6, 6.07) is 0. The van der Waals surface area contributed by atoms with Gasteiger partial charge in [-0.15, -0.1) is 0 Å². The normalized spacial score (nSPS) is 11.0. The van der Waals surface area contributed by atoms with Crippen LogP contribution in [0.1, 0.15) is 38.2 Å². The third kappa shape index (κ3) is 3.57. The topological polar surface area (TPSA) is 28.7 Å². The summed E-state index contributed by atoms with van der Waals surface area (Å²) < 4.78 is 1.59. The fraction of sp³-hybridized carbons (Fsp3) is 0.600. The highest BCUT2D eigenvalue weighted by Crippen LogP contribution is 2.24. The van der Waals surface area contributed by atoms with E-state index in [1.54, 1.807) is 0 Å². The highest BCUT2D eigenvalue weighted by atomic mass is 79.9. The molecular formula is C10H15BrN2S2. The summed E-state index contributed by atoms with van der Waals surface area (Å²) in [5.74, 6) is 3.39. The van der Waals surface area contributed by atoms with Crippen LogP contribution in [0.2, 0.25) is 0 Å². The molecule has 0 fully saturated rings. The van der Waals surface area contributed by atoms with Gasteiger partial charge in [0.2, 0.25) is 0 Å². The van der Waals surface area contributed by atoms with Crippen molar-refractivity contribution in [1.82, 2.24) is 9.97 Å². The fourth-order valence-corrected chi connectivity index (χ4v) is 2.59. The van der Waals surface area contributed by atoms with E-state index in [1.165, 1.54) is 0 Å². The summed E-state index contributed by atoms with van der Waals surface area (Å²) in [7, 11) is 0. The van der Waals surface area contributed by atoms with Crippen molar-refractivity contribution >= 4 is 39.9 Å². The summed E-state index contributed by atoms with van der Waals surface area (Å²) in [4.78, 5) is 7.69. The first kappa shape index (κ1) is 13.2. The van der Waals surface area contributed by atoms with Crippen molar-refractivity contribution in [3.8, 4) is 0 Å². The van der Waals surface area contributed by atoms with Crippen LogP contribution >= 0.6 is 39.9 Å². The predicted octanol–water partition coefficient (Wildman–Crippen LogP) is 4.28. The summed E-state index contributed by atoms with van der Waals surface area (Å²) in [5.41, 5.74) is 1.14. The summed E-state index contributed by atoms with van der Waals surface area (Å²) in [5, 5.41) is 0. The van der Waals surface area contributed by atoms with E-state index in [9.17, 15) is 0 Å². The van der Waals surface area contributed by atoms with Crippen LogP contribution in [0.4, 0.5) is 0 Å². The minimum Gasteiger partial charge on any atom is -0.345 e. The van der Waals surface area contributed by atoms with Gasteiger partial charge in [0.05, 0.1) is 10.2 Å². The molecule has 1 aromatic heterocycles. The number of hydrogen-bond acceptors (Lipinski definition) is 3. The number of hydrogen-bond donors (Lipinski definition) is 1. The van der Waals surface area contributed by atoms with E-state index < -0.39 is 0 Å². The molecule has 0 spiro atoms. The van der Waals surface area contributed by atoms with Crippen LogP contribution in [0, 0.1) is 4.64 Å². The van der Waals surface area contributed by atoms with Crippen LogP contribution < -0.4 is 0 Å². The first-order valence-electron chi connectivity index (χ1n) is 4.92. The summed E-state index contributed by atoms with van der Waals surface area (Å²) in [6.45, 7) is 6.42. The number of halogens is 1. The van der Waals surface area contributed by atoms with Crippen LogP contribution in [-0.4, -0.2) is 15.7 Å². The first-order valence-corrected chi connectivity index (χ1v) is 7.28. The average Bonchev–Trinajstić information content (AvgIpc) is 2.19. The first-order chi connectivity index (χ1) is 7.06. The third-order valence-electron chi connectivity index (χ3n) is 1.96. The molecule has 0 aromatic carbocycles. The van der Waals surface area contributed by atoms with Crippen molar-refractivity contribution in [1.29, 1.82) is 0 Å². The maximum atomic E-state index is 5.21. The molecule has 0 atom stereocenters. The van der Waals surface area contributed by atoms with Gasteiger partial charge in [0.1, 0.15) is 10.5 Å². The Kier molecular flexibility index (Phi) is 5.29. The maximum absolute atomic E-state index is 5.21. The van der Waals surface area contributed by atoms with Crippen molar-refractivity contribution < 1.29 is 0 Å². The van der Waals surface area contributed by atoms with Gasteiger partial charge in [-0.1, -0.05) is 33.0 Å². The molecule has 0 aliphatic heterocycles. The predicted molar refractivity (Wildman–Crippen MR) is 73.0 cm³/mol. The Hall–Kier alpha value is 0.130. The molecule has 0 radical (unpaired) electrons. The Bertz CT molecular complexity index is 387. The number of nitrogens with zero attached hydrogens (tertiary/aromatic N) is 1. The quantitative estimate of drug-likeness (QED) is 0.842. The number of H-pyrrole nitrogens is 1. The Morgan fingerprint density at radius 2 is 2.20 bits per heavy atom. The lowest BCUT2D eigenvalue weighted by Crippen LogP contribution is -2.02. The molecule has 84 valence electrons. The van der Waals surface area contributed by atoms with Gasteiger partial charge in [-0.05, 0) is 27.6 Å². The van der Waals surface area contributed by atoms with E-state index in [-0.39, 0.29) is 0 Å². The second-order valence-electron chi connectivity index (χ2n) is 3.51. The zero-order valence-corrected chi connectivity index (χ0v) is 12.4. The Morgan fingerprint density at radius 1 is 1.53 bits per heavy atom. The smallest absolute Gasteiger partial charge is 0.144 e. The average molecular weight is 307 g/mol. The molecular weight excluding hydrogens is 292 g/mol. The minimum atomic E-state index is 0.425. The molecule has 0 amide bonds. The summed E-state index contributed by atoms with van der Waals surface area (Å²) in [6.07, 6.45) is 0. The Labute approximate surface area is 108 Å². The van der Waals surface area contributed by atoms with E-state index in [0.717, 1.165) is 27.5 Å². The Morgan fingerprint density at radius 3 is 2.73 bits per heavy atom. The van der Waals surface area contributed by atoms with Gasteiger partial charge in [0, 0.05) is 5.69 Å². The van der Waals surface area contributed by atoms with Crippen LogP contribution in [0.25, 0.3) is 0 Å². The van der Waals surface area contributed by atoms with Gasteiger partial charge in [-0.2, -0.15) is 11.8 Å². The van der Waals surface area contributed by atoms with E-state index in [2.05, 4.69) is 46.7 Å². The standard InChI is InChI=1S/C10H15BrN2S2/c1-4-15-5-7-12-9(6(2)3)8(11)10(14)13-7/h6H,4-5H2,1-3H3,(H,12,13,14). The lowest BCUT2D eigenvalue weighted by Gasteiger charge is -2.10. The van der Waals surface area contributed by atoms with Gasteiger partial charge in [-0.3, -0.25) is 0 Å². The second kappa shape index (κ2) is 6.01. The highest BCUT2D eigenvalue weighted by molar-refractivity contribution is 9.10. The second-order valence-corrected chi connectivity index (χ2v) is 5.96. The molecule has 1 N–H and O–H groups in total. The van der Waals surface area contributed by atoms with Crippen LogP contribution in [0.5, 0.6) is 0 Å². The fourth-order valence-electron chi connectivity index (χ4n) is 1.19. The zero-order chi connectivity index (χ0) is 11.4. The number of aromatic nitrogens is 2. The van der Waals surface area contributed by atoms with Gasteiger partial charge in [-0.25, -0.2) is 4.98 Å². The van der Waals surface area contributed by atoms with Crippen molar-refractivity contribution in [2.75, 3.05) is 5.75 Å². The van der Waals surface area contributed by atoms with Gasteiger partial charge < -0.3 is 4.98 Å². The molecule has 1 heterocycles. The third-order valence-corrected chi connectivity index (χ3v) is 4.21. The van der Waals surface area contributed by atoms with Crippen molar-refractivity contribution in [2.45, 2.75) is 32.4 Å². The van der Waals surface area contributed by atoms with E-state index in [1.807, 2.05) is 11.8 Å². The molecule has 0 bridgehead atoms. The number of rotatable bonds is 4. The van der Waals surface area contributed by atoms with Crippen molar-refractivity contribution in [3.05, 3.63) is 20.6 Å². The van der Waals surface area contributed by atoms with E-state index in [0.29, 0.717) is 10.6 Å². The summed E-state index contributed by atoms with van der Waals surface area (Å²) >= 11 is 10.5. The molecule has 0 aliphatic rings. The molecule has 0 saturated heterocycles. The van der Waals surface area contributed by atoms with E-state index in [4.69, 9.17) is 12.2 Å². The molecule has 5 heteroatoms. The zero-order valence-electron chi connectivity index (χ0n) is 9.13. The van der Waals surface area contributed by atoms with Crippen LogP contribution in [-0.2, 0) is 5.75 Å². The monoisotopic (exact) mass is 306 g/mol. The Balaban J connectivity index is 3.06. The van der Waals surface area contributed by atoms with Crippen molar-refractivity contribution in [3.63, 3.8) is 0 Å². The lowest BCUT2D eigenvalue weighted by atomic mass is 10.1. The largest absolute Gasteiger partial charge is 0.345 e. The molecule has 0 unspecified atom stereocenters. The number of nitrogens with one attached hydrogen (secondary N) is 1. The van der Waals surface area contributed by atoms with Gasteiger partial charge in [0.15, 0.2) is 0 Å². The molecule has 0 saturated carbocycles. The molecule has 15 heavy (non-hydrogen) atoms. The van der Waals surface area contributed by atoms with E-state index >= 15 is 0 Å². The van der Waals surface area contributed by atoms with Gasteiger partial charge >= 0.3 is 0 Å². The number of aromatic amines is 1. The lowest BCUT2D eigenvalue weighted by molar-refractivity contribution is 0.788. The van der Waals surface area contributed by atoms with Crippen LogP contribution in [0.15, 0.2) is 4.47 Å². The molecule has 2 nitrogen and oxygen atoms in total. The molecule has 0 aliphatic carbocycles. The van der Waals surface area contributed by atoms with Crippen LogP contribution in [0.3, 0.4) is 0 Å². The minimum absolute atomic E-state index is 0.425. The van der Waals surface area contributed by atoms with Crippen molar-refractivity contribution in [2.24, 2.45) is 0 Å². The SMILES string of the molecule is CCSCc1nc(=S)c(Br)c(C(C)C)[nH]1. The number of thioether (sulfide) groups is 1. The van der Waals surface area contributed by atoms with Gasteiger partial charge in [0.25, 0.3) is 0 Å². The molecule has 1 rings (SSSR count). The maximum Gasteiger partial charge on any atom is 0.144 e. The highest BCUT2D eigenvalue weighted by Gasteiger charge is 2.09.